The maximum Gasteiger partial charge on any atom is 0.160 e. The number of carbonyl (C=O) groups excluding carboxylic acids is 1. The summed E-state index contributed by atoms with van der Waals surface area (Å²) < 4.78 is 0. The fourth-order valence-corrected chi connectivity index (χ4v) is 1.42. The number of benzene rings is 1. The predicted molar refractivity (Wildman–Crippen MR) is 80.2 cm³/mol. The van der Waals surface area contributed by atoms with Crippen LogP contribution in [0.2, 0.25) is 0 Å². The first-order chi connectivity index (χ1) is 9.29. The summed E-state index contributed by atoms with van der Waals surface area (Å²) in [4.78, 5) is 19.6. The molecule has 0 atom stereocenters. The lowest BCUT2D eigenvalue weighted by atomic mass is 10.0. The van der Waals surface area contributed by atoms with Crippen molar-refractivity contribution in [1.29, 1.82) is 0 Å². The molecule has 2 rings (SSSR count). The van der Waals surface area contributed by atoms with Crippen LogP contribution in [0.5, 0.6) is 0 Å². The van der Waals surface area contributed by atoms with E-state index in [1.807, 2.05) is 45.9 Å². The van der Waals surface area contributed by atoms with Gasteiger partial charge in [-0.05, 0) is 13.0 Å². The van der Waals surface area contributed by atoms with Gasteiger partial charge < -0.3 is 0 Å². The molecule has 0 aliphatic rings. The zero-order valence-corrected chi connectivity index (χ0v) is 12.3. The van der Waals surface area contributed by atoms with Crippen LogP contribution < -0.4 is 0 Å². The van der Waals surface area contributed by atoms with E-state index < -0.39 is 0 Å². The molecule has 0 aliphatic carbocycles. The summed E-state index contributed by atoms with van der Waals surface area (Å²) in [6, 6.07) is 9.10. The Balaban J connectivity index is 0.000000741. The van der Waals surface area contributed by atoms with E-state index in [4.69, 9.17) is 0 Å². The van der Waals surface area contributed by atoms with Crippen molar-refractivity contribution >= 4 is 5.78 Å². The number of nitrogens with zero attached hydrogens (tertiary/aromatic N) is 2. The van der Waals surface area contributed by atoms with Gasteiger partial charge in [0, 0.05) is 23.5 Å². The van der Waals surface area contributed by atoms with Crippen molar-refractivity contribution in [3.05, 3.63) is 48.3 Å². The van der Waals surface area contributed by atoms with E-state index in [-0.39, 0.29) is 5.78 Å². The van der Waals surface area contributed by atoms with Gasteiger partial charge in [-0.2, -0.15) is 0 Å². The Morgan fingerprint density at radius 2 is 1.42 bits per heavy atom. The Hall–Kier alpha value is -2.03. The lowest BCUT2D eigenvalue weighted by molar-refractivity contribution is 0.101. The molecule has 3 heteroatoms. The number of Topliss-reactive ketones (excluding diaryl/α,β-unsaturated/α-hetero) is 1. The number of hydrogen-bond acceptors (Lipinski definition) is 3. The van der Waals surface area contributed by atoms with Crippen LogP contribution in [0.25, 0.3) is 11.4 Å². The van der Waals surface area contributed by atoms with Gasteiger partial charge in [0.25, 0.3) is 0 Å². The Morgan fingerprint density at radius 1 is 0.895 bits per heavy atom. The van der Waals surface area contributed by atoms with E-state index in [0.29, 0.717) is 11.4 Å². The summed E-state index contributed by atoms with van der Waals surface area (Å²) in [5, 5.41) is 0. The Bertz CT molecular complexity index is 481. The first kappa shape index (κ1) is 17.0. The zero-order chi connectivity index (χ0) is 14.7. The third-order valence-corrected chi connectivity index (χ3v) is 2.11. The first-order valence-corrected chi connectivity index (χ1v) is 6.66. The molecular weight excluding hydrogens is 236 g/mol. The molecule has 0 fully saturated rings. The molecular formula is C16H22N2O. The van der Waals surface area contributed by atoms with Gasteiger partial charge in [-0.1, -0.05) is 52.0 Å². The Morgan fingerprint density at radius 3 is 1.95 bits per heavy atom. The molecule has 1 aromatic heterocycles. The van der Waals surface area contributed by atoms with Gasteiger partial charge >= 0.3 is 0 Å². The summed E-state index contributed by atoms with van der Waals surface area (Å²) in [5.41, 5.74) is 1.44. The number of ketones is 1. The highest BCUT2D eigenvalue weighted by molar-refractivity contribution is 5.99. The van der Waals surface area contributed by atoms with Crippen molar-refractivity contribution in [2.75, 3.05) is 0 Å². The second kappa shape index (κ2) is 9.95. The summed E-state index contributed by atoms with van der Waals surface area (Å²) in [6.45, 7) is 9.54. The minimum absolute atomic E-state index is 0.0260. The fourth-order valence-electron chi connectivity index (χ4n) is 1.42. The fraction of sp³-hybridized carbons (Fsp3) is 0.312. The minimum Gasteiger partial charge on any atom is -0.294 e. The normalized spacial score (nSPS) is 8.47. The van der Waals surface area contributed by atoms with Crippen molar-refractivity contribution in [1.82, 2.24) is 9.97 Å². The van der Waals surface area contributed by atoms with Gasteiger partial charge in [-0.3, -0.25) is 4.79 Å². The lowest BCUT2D eigenvalue weighted by Gasteiger charge is -2.03. The molecule has 0 saturated heterocycles. The third-order valence-electron chi connectivity index (χ3n) is 2.11. The van der Waals surface area contributed by atoms with Gasteiger partial charge in [-0.25, -0.2) is 9.97 Å². The lowest BCUT2D eigenvalue weighted by Crippen LogP contribution is -1.97. The number of carbonyl (C=O) groups is 1. The molecule has 0 amide bonds. The second-order valence-corrected chi connectivity index (χ2v) is 3.17. The van der Waals surface area contributed by atoms with Crippen LogP contribution in [-0.2, 0) is 0 Å². The van der Waals surface area contributed by atoms with Crippen LogP contribution in [0.1, 0.15) is 45.0 Å². The molecule has 0 bridgehead atoms. The van der Waals surface area contributed by atoms with E-state index in [1.165, 1.54) is 0 Å². The maximum absolute atomic E-state index is 11.4. The molecule has 0 unspecified atom stereocenters. The van der Waals surface area contributed by atoms with Crippen LogP contribution in [0.3, 0.4) is 0 Å². The van der Waals surface area contributed by atoms with Gasteiger partial charge in [0.1, 0.15) is 0 Å². The smallest absolute Gasteiger partial charge is 0.160 e. The average molecular weight is 258 g/mol. The quantitative estimate of drug-likeness (QED) is 0.750. The minimum atomic E-state index is 0.0260. The van der Waals surface area contributed by atoms with Crippen molar-refractivity contribution in [3.63, 3.8) is 0 Å². The third kappa shape index (κ3) is 5.00. The highest BCUT2D eigenvalue weighted by Gasteiger charge is 2.09. The molecule has 0 aliphatic heterocycles. The Kier molecular flexibility index (Phi) is 8.88. The van der Waals surface area contributed by atoms with Crippen molar-refractivity contribution in [2.45, 2.75) is 34.6 Å². The van der Waals surface area contributed by atoms with Gasteiger partial charge in [-0.15, -0.1) is 0 Å². The highest BCUT2D eigenvalue weighted by Crippen LogP contribution is 2.19. The van der Waals surface area contributed by atoms with Crippen LogP contribution in [0.15, 0.2) is 42.7 Å². The van der Waals surface area contributed by atoms with Gasteiger partial charge in [0.15, 0.2) is 11.6 Å². The van der Waals surface area contributed by atoms with Crippen molar-refractivity contribution in [2.24, 2.45) is 0 Å². The largest absolute Gasteiger partial charge is 0.294 e. The maximum atomic E-state index is 11.4. The van der Waals surface area contributed by atoms with E-state index >= 15 is 0 Å². The van der Waals surface area contributed by atoms with E-state index in [2.05, 4.69) is 9.97 Å². The highest BCUT2D eigenvalue weighted by atomic mass is 16.1. The summed E-state index contributed by atoms with van der Waals surface area (Å²) in [5.74, 6) is 0.612. The topological polar surface area (TPSA) is 42.9 Å². The van der Waals surface area contributed by atoms with E-state index in [9.17, 15) is 4.79 Å². The summed E-state index contributed by atoms with van der Waals surface area (Å²) in [6.07, 6.45) is 3.33. The molecule has 102 valence electrons. The summed E-state index contributed by atoms with van der Waals surface area (Å²) >= 11 is 0. The van der Waals surface area contributed by atoms with Crippen molar-refractivity contribution in [3.8, 4) is 11.4 Å². The van der Waals surface area contributed by atoms with Crippen LogP contribution in [0, 0.1) is 0 Å². The summed E-state index contributed by atoms with van der Waals surface area (Å²) in [7, 11) is 0. The predicted octanol–water partition coefficient (Wildman–Crippen LogP) is 4.40. The molecule has 0 saturated carbocycles. The molecule has 3 nitrogen and oxygen atoms in total. The average Bonchev–Trinajstić information content (AvgIpc) is 2.52. The molecule has 1 heterocycles. The van der Waals surface area contributed by atoms with E-state index in [0.717, 1.165) is 5.56 Å². The first-order valence-electron chi connectivity index (χ1n) is 6.66. The number of hydrogen-bond donors (Lipinski definition) is 0. The Labute approximate surface area is 115 Å². The molecule has 2 aromatic rings. The van der Waals surface area contributed by atoms with Crippen LogP contribution in [0.4, 0.5) is 0 Å². The SMILES string of the molecule is CC.CC.CC(=O)c1ccccc1-c1ncccn1. The standard InChI is InChI=1S/C12H10N2O.2C2H6/c1-9(15)10-5-2-3-6-11(10)12-13-7-4-8-14-12;2*1-2/h2-8H,1H3;2*1-2H3. The van der Waals surface area contributed by atoms with Gasteiger partial charge in [0.05, 0.1) is 0 Å². The monoisotopic (exact) mass is 258 g/mol. The molecule has 1 aromatic carbocycles. The van der Waals surface area contributed by atoms with Gasteiger partial charge in [0.2, 0.25) is 0 Å². The molecule has 0 radical (unpaired) electrons. The van der Waals surface area contributed by atoms with Crippen LogP contribution in [-0.4, -0.2) is 15.8 Å². The van der Waals surface area contributed by atoms with E-state index in [1.54, 1.807) is 31.5 Å². The molecule has 19 heavy (non-hydrogen) atoms. The zero-order valence-electron chi connectivity index (χ0n) is 12.3. The molecule has 0 spiro atoms. The number of aromatic nitrogens is 2. The molecule has 0 N–H and O–H groups in total. The number of rotatable bonds is 2. The van der Waals surface area contributed by atoms with Crippen LogP contribution >= 0.6 is 0 Å². The van der Waals surface area contributed by atoms with Crippen molar-refractivity contribution < 1.29 is 4.79 Å². The second-order valence-electron chi connectivity index (χ2n) is 3.17.